The lowest BCUT2D eigenvalue weighted by molar-refractivity contribution is -0.157. The molecule has 2 N–H and O–H groups in total. The topological polar surface area (TPSA) is 89.7 Å². The Bertz CT molecular complexity index is 629. The molecule has 2 fully saturated rings. The number of nitrogens with two attached hydrogens (primary N) is 1. The van der Waals surface area contributed by atoms with Crippen LogP contribution in [0.25, 0.3) is 0 Å². The number of carbonyl (C=O) groups is 3. The maximum atomic E-state index is 12.7. The van der Waals surface area contributed by atoms with Gasteiger partial charge in [-0.25, -0.2) is 4.79 Å². The van der Waals surface area contributed by atoms with Crippen molar-refractivity contribution in [2.45, 2.75) is 55.2 Å². The molecule has 0 aromatic heterocycles. The summed E-state index contributed by atoms with van der Waals surface area (Å²) < 4.78 is 5.59. The molecular weight excluding hydrogens is 368 g/mol. The Morgan fingerprint density at radius 3 is 2.67 bits per heavy atom. The second-order valence-electron chi connectivity index (χ2n) is 6.79. The summed E-state index contributed by atoms with van der Waals surface area (Å²) in [4.78, 5) is 38.6. The number of thioether (sulfide) groups is 3. The van der Waals surface area contributed by atoms with Gasteiger partial charge in [0.2, 0.25) is 5.91 Å². The molecule has 3 atom stereocenters. The molecule has 0 saturated carbocycles. The Labute approximate surface area is 153 Å². The highest BCUT2D eigenvalue weighted by molar-refractivity contribution is 8.26. The average molecular weight is 389 g/mol. The minimum Gasteiger partial charge on any atom is -0.455 e. The molecule has 0 aromatic carbocycles. The third-order valence-electron chi connectivity index (χ3n) is 3.69. The first kappa shape index (κ1) is 18.2. The predicted octanol–water partition coefficient (Wildman–Crippen LogP) is 1.89. The van der Waals surface area contributed by atoms with E-state index in [-0.39, 0.29) is 21.0 Å². The summed E-state index contributed by atoms with van der Waals surface area (Å²) in [6.45, 7) is 5.38. The van der Waals surface area contributed by atoms with Crippen LogP contribution in [-0.2, 0) is 19.1 Å². The molecule has 0 aliphatic carbocycles. The summed E-state index contributed by atoms with van der Waals surface area (Å²) in [7, 11) is 0. The van der Waals surface area contributed by atoms with E-state index in [1.165, 1.54) is 28.4 Å². The molecule has 3 aliphatic rings. The fraction of sp³-hybridized carbons (Fsp3) is 0.667. The van der Waals surface area contributed by atoms with Gasteiger partial charge in [-0.15, -0.1) is 23.5 Å². The Morgan fingerprint density at radius 2 is 2.08 bits per heavy atom. The van der Waals surface area contributed by atoms with Gasteiger partial charge >= 0.3 is 5.97 Å². The van der Waals surface area contributed by atoms with Crippen LogP contribution < -0.4 is 5.73 Å². The van der Waals surface area contributed by atoms with Crippen LogP contribution in [-0.4, -0.2) is 49.2 Å². The maximum Gasteiger partial charge on any atom is 0.356 e. The second-order valence-corrected chi connectivity index (χ2v) is 10.7. The number of carbonyl (C=O) groups excluding carboxylic acids is 3. The Hall–Kier alpha value is -0.640. The van der Waals surface area contributed by atoms with Crippen LogP contribution in [0.3, 0.4) is 0 Å². The van der Waals surface area contributed by atoms with Crippen molar-refractivity contribution in [2.24, 2.45) is 5.73 Å². The first-order chi connectivity index (χ1) is 11.2. The molecule has 6 nitrogen and oxygen atoms in total. The van der Waals surface area contributed by atoms with Crippen LogP contribution >= 0.6 is 35.3 Å². The van der Waals surface area contributed by atoms with E-state index < -0.39 is 17.6 Å². The maximum absolute atomic E-state index is 12.7. The molecule has 132 valence electrons. The molecule has 0 radical (unpaired) electrons. The summed E-state index contributed by atoms with van der Waals surface area (Å²) in [5.74, 6) is -0.140. The van der Waals surface area contributed by atoms with Crippen molar-refractivity contribution in [1.29, 1.82) is 0 Å². The quantitative estimate of drug-likeness (QED) is 0.579. The number of nitrogens with zero attached hydrogens (tertiary/aromatic N) is 1. The number of esters is 1. The smallest absolute Gasteiger partial charge is 0.356 e. The zero-order valence-corrected chi connectivity index (χ0v) is 16.2. The third kappa shape index (κ3) is 3.49. The first-order valence-corrected chi connectivity index (χ1v) is 10.5. The number of hydrogen-bond donors (Lipinski definition) is 1. The van der Waals surface area contributed by atoms with Crippen molar-refractivity contribution in [3.8, 4) is 0 Å². The zero-order valence-electron chi connectivity index (χ0n) is 13.7. The van der Waals surface area contributed by atoms with E-state index in [0.29, 0.717) is 17.9 Å². The van der Waals surface area contributed by atoms with Gasteiger partial charge in [0.05, 0.1) is 4.58 Å². The van der Waals surface area contributed by atoms with Gasteiger partial charge in [-0.2, -0.15) is 0 Å². The summed E-state index contributed by atoms with van der Waals surface area (Å²) in [5, 5.41) is -0.0301. The number of ether oxygens (including phenoxy) is 1. The molecule has 0 bridgehead atoms. The van der Waals surface area contributed by atoms with Crippen molar-refractivity contribution in [1.82, 2.24) is 4.90 Å². The van der Waals surface area contributed by atoms with Crippen LogP contribution in [0.5, 0.6) is 0 Å². The van der Waals surface area contributed by atoms with E-state index in [0.717, 1.165) is 11.3 Å². The highest BCUT2D eigenvalue weighted by atomic mass is 32.2. The zero-order chi connectivity index (χ0) is 17.6. The van der Waals surface area contributed by atoms with E-state index in [1.807, 2.05) is 0 Å². The Morgan fingerprint density at radius 1 is 1.38 bits per heavy atom. The lowest BCUT2D eigenvalue weighted by atomic mass is 10.1. The van der Waals surface area contributed by atoms with E-state index in [2.05, 4.69) is 0 Å². The van der Waals surface area contributed by atoms with Gasteiger partial charge in [0, 0.05) is 17.1 Å². The van der Waals surface area contributed by atoms with E-state index in [9.17, 15) is 14.4 Å². The Kier molecular flexibility index (Phi) is 4.98. The van der Waals surface area contributed by atoms with Crippen LogP contribution in [0.1, 0.15) is 33.6 Å². The molecule has 0 spiro atoms. The third-order valence-corrected chi connectivity index (χ3v) is 7.83. The standard InChI is InChI=1S/C15H20N2O4S3/c1-15(2,3)21-14(20)11-7(23-9-5-4-8(18)24-9)6-22-13-10(16)12(19)17(11)13/h9-10,13H,4-6,16H2,1-3H3/t9?,10-,13-/m1/s1. The van der Waals surface area contributed by atoms with Gasteiger partial charge in [0.25, 0.3) is 0 Å². The number of rotatable bonds is 3. The largest absolute Gasteiger partial charge is 0.455 e. The van der Waals surface area contributed by atoms with Gasteiger partial charge in [-0.3, -0.25) is 14.5 Å². The van der Waals surface area contributed by atoms with Crippen molar-refractivity contribution in [3.05, 3.63) is 10.6 Å². The van der Waals surface area contributed by atoms with Gasteiger partial charge in [0.15, 0.2) is 5.12 Å². The van der Waals surface area contributed by atoms with Gasteiger partial charge in [0.1, 0.15) is 22.7 Å². The molecule has 24 heavy (non-hydrogen) atoms. The lowest BCUT2D eigenvalue weighted by Crippen LogP contribution is -2.68. The van der Waals surface area contributed by atoms with Crippen molar-refractivity contribution < 1.29 is 19.1 Å². The van der Waals surface area contributed by atoms with Crippen LogP contribution in [0, 0.1) is 0 Å². The normalized spacial score (nSPS) is 30.3. The second kappa shape index (κ2) is 6.59. The molecule has 1 amide bonds. The van der Waals surface area contributed by atoms with E-state index >= 15 is 0 Å². The fourth-order valence-electron chi connectivity index (χ4n) is 2.64. The monoisotopic (exact) mass is 388 g/mol. The van der Waals surface area contributed by atoms with Gasteiger partial charge in [-0.1, -0.05) is 11.8 Å². The number of β-lactam (4-membered cyclic amide) rings is 1. The molecule has 0 aromatic rings. The molecule has 3 rings (SSSR count). The highest BCUT2D eigenvalue weighted by Gasteiger charge is 2.52. The molecule has 2 saturated heterocycles. The van der Waals surface area contributed by atoms with E-state index in [1.54, 1.807) is 32.5 Å². The molecule has 3 heterocycles. The highest BCUT2D eigenvalue weighted by Crippen LogP contribution is 2.48. The van der Waals surface area contributed by atoms with Crippen molar-refractivity contribution in [3.63, 3.8) is 0 Å². The number of amides is 1. The van der Waals surface area contributed by atoms with Crippen molar-refractivity contribution >= 4 is 52.3 Å². The van der Waals surface area contributed by atoms with Crippen molar-refractivity contribution in [2.75, 3.05) is 5.75 Å². The van der Waals surface area contributed by atoms with Crippen LogP contribution in [0.4, 0.5) is 0 Å². The molecule has 9 heteroatoms. The van der Waals surface area contributed by atoms with Crippen LogP contribution in [0.15, 0.2) is 10.6 Å². The minimum atomic E-state index is -0.645. The number of fused-ring (bicyclic) bond motifs is 1. The molecule has 3 aliphatic heterocycles. The minimum absolute atomic E-state index is 0.0899. The van der Waals surface area contributed by atoms with Gasteiger partial charge < -0.3 is 10.5 Å². The number of hydrogen-bond acceptors (Lipinski definition) is 8. The Balaban J connectivity index is 1.88. The average Bonchev–Trinajstić information content (AvgIpc) is 2.89. The summed E-state index contributed by atoms with van der Waals surface area (Å²) in [6, 6.07) is -0.568. The van der Waals surface area contributed by atoms with E-state index in [4.69, 9.17) is 10.5 Å². The summed E-state index contributed by atoms with van der Waals surface area (Å²) in [5.41, 5.74) is 5.52. The van der Waals surface area contributed by atoms with Gasteiger partial charge in [-0.05, 0) is 27.2 Å². The molecule has 1 unspecified atom stereocenters. The summed E-state index contributed by atoms with van der Waals surface area (Å²) in [6.07, 6.45) is 1.33. The summed E-state index contributed by atoms with van der Waals surface area (Å²) >= 11 is 4.37. The SMILES string of the molecule is CC(C)(C)OC(=O)C1=C(SC2CCC(=O)S2)CS[C@@H]2[C@H](N)C(=O)N12. The fourth-order valence-corrected chi connectivity index (χ4v) is 6.73. The molecular formula is C15H20N2O4S3. The predicted molar refractivity (Wildman–Crippen MR) is 97.1 cm³/mol. The lowest BCUT2D eigenvalue weighted by Gasteiger charge is -2.48. The first-order valence-electron chi connectivity index (χ1n) is 7.70. The van der Waals surface area contributed by atoms with Crippen LogP contribution in [0.2, 0.25) is 0 Å².